The SMILES string of the molecule is NC(=O)c1ccsc1C[CH][C@H](O)C[C@@H](C(N)=O)C1(O)CCCCC1. The lowest BCUT2D eigenvalue weighted by molar-refractivity contribution is -0.136. The standard InChI is InChI=1S/C17H25N2O4S/c18-15(21)12-6-9-24-14(12)5-4-11(20)10-13(16(19)22)17(23)7-2-1-3-8-17/h4,6,9,11,13,20,23H,1-3,5,7-8,10H2,(H2,18,21)(H2,19,22)/t11-,13-/m0/s1. The lowest BCUT2D eigenvalue weighted by atomic mass is 9.73. The molecule has 1 aliphatic rings. The number of aliphatic hydroxyl groups is 2. The van der Waals surface area contributed by atoms with Crippen molar-refractivity contribution in [2.24, 2.45) is 17.4 Å². The second-order valence-electron chi connectivity index (χ2n) is 6.48. The molecule has 0 bridgehead atoms. The predicted molar refractivity (Wildman–Crippen MR) is 92.2 cm³/mol. The summed E-state index contributed by atoms with van der Waals surface area (Å²) in [6, 6.07) is 1.65. The van der Waals surface area contributed by atoms with Gasteiger partial charge in [-0.15, -0.1) is 11.3 Å². The lowest BCUT2D eigenvalue weighted by Crippen LogP contribution is -2.48. The predicted octanol–water partition coefficient (Wildman–Crippen LogP) is 1.14. The van der Waals surface area contributed by atoms with E-state index in [1.165, 1.54) is 11.3 Å². The number of aliphatic hydroxyl groups excluding tert-OH is 1. The Morgan fingerprint density at radius 1 is 1.29 bits per heavy atom. The van der Waals surface area contributed by atoms with Gasteiger partial charge in [-0.05, 0) is 43.6 Å². The second-order valence-corrected chi connectivity index (χ2v) is 7.48. The second kappa shape index (κ2) is 8.09. The highest BCUT2D eigenvalue weighted by Gasteiger charge is 2.41. The van der Waals surface area contributed by atoms with Crippen LogP contribution in [0.2, 0.25) is 0 Å². The smallest absolute Gasteiger partial charge is 0.249 e. The number of primary amides is 2. The van der Waals surface area contributed by atoms with E-state index in [0.29, 0.717) is 24.8 Å². The molecule has 1 fully saturated rings. The van der Waals surface area contributed by atoms with Crippen LogP contribution in [0, 0.1) is 12.3 Å². The van der Waals surface area contributed by atoms with Crippen LogP contribution in [-0.2, 0) is 11.2 Å². The van der Waals surface area contributed by atoms with Crippen molar-refractivity contribution in [2.45, 2.75) is 56.7 Å². The van der Waals surface area contributed by atoms with E-state index in [9.17, 15) is 19.8 Å². The number of hydrogen-bond acceptors (Lipinski definition) is 5. The first-order chi connectivity index (χ1) is 11.3. The Hall–Kier alpha value is -1.44. The van der Waals surface area contributed by atoms with Crippen molar-refractivity contribution in [1.82, 2.24) is 0 Å². The van der Waals surface area contributed by atoms with Gasteiger partial charge in [0.15, 0.2) is 0 Å². The Bertz CT molecular complexity index is 581. The van der Waals surface area contributed by atoms with Crippen LogP contribution < -0.4 is 11.5 Å². The molecular weight excluding hydrogens is 328 g/mol. The fraction of sp³-hybridized carbons (Fsp3) is 0.588. The van der Waals surface area contributed by atoms with Gasteiger partial charge in [-0.1, -0.05) is 19.3 Å². The average molecular weight is 353 g/mol. The van der Waals surface area contributed by atoms with E-state index in [4.69, 9.17) is 11.5 Å². The maximum atomic E-state index is 11.8. The molecule has 1 aromatic rings. The molecule has 1 aromatic heterocycles. The van der Waals surface area contributed by atoms with Crippen LogP contribution in [0.15, 0.2) is 11.4 Å². The number of rotatable bonds is 8. The van der Waals surface area contributed by atoms with Crippen LogP contribution in [0.1, 0.15) is 53.8 Å². The molecule has 0 unspecified atom stereocenters. The van der Waals surface area contributed by atoms with Gasteiger partial charge >= 0.3 is 0 Å². The normalized spacial score (nSPS) is 19.6. The maximum Gasteiger partial charge on any atom is 0.249 e. The highest BCUT2D eigenvalue weighted by molar-refractivity contribution is 7.10. The minimum Gasteiger partial charge on any atom is -0.393 e. The highest BCUT2D eigenvalue weighted by atomic mass is 32.1. The Labute approximate surface area is 145 Å². The first kappa shape index (κ1) is 18.9. The number of amides is 2. The summed E-state index contributed by atoms with van der Waals surface area (Å²) in [6.07, 6.45) is 5.01. The van der Waals surface area contributed by atoms with E-state index in [0.717, 1.165) is 24.1 Å². The highest BCUT2D eigenvalue weighted by Crippen LogP contribution is 2.37. The first-order valence-corrected chi connectivity index (χ1v) is 9.10. The van der Waals surface area contributed by atoms with Crippen molar-refractivity contribution in [1.29, 1.82) is 0 Å². The molecule has 7 heteroatoms. The third kappa shape index (κ3) is 4.55. The lowest BCUT2D eigenvalue weighted by Gasteiger charge is -2.38. The third-order valence-electron chi connectivity index (χ3n) is 4.77. The number of carbonyl (C=O) groups excluding carboxylic acids is 2. The molecule has 133 valence electrons. The minimum atomic E-state index is -1.12. The summed E-state index contributed by atoms with van der Waals surface area (Å²) >= 11 is 1.39. The van der Waals surface area contributed by atoms with E-state index in [2.05, 4.69) is 0 Å². The van der Waals surface area contributed by atoms with Gasteiger partial charge in [0, 0.05) is 4.88 Å². The molecule has 0 aromatic carbocycles. The van der Waals surface area contributed by atoms with Gasteiger partial charge in [0.05, 0.1) is 23.2 Å². The molecule has 0 aliphatic heterocycles. The molecule has 0 saturated heterocycles. The summed E-state index contributed by atoms with van der Waals surface area (Å²) in [5, 5.41) is 22.8. The first-order valence-electron chi connectivity index (χ1n) is 8.23. The fourth-order valence-corrected chi connectivity index (χ4v) is 4.27. The number of carbonyl (C=O) groups is 2. The van der Waals surface area contributed by atoms with E-state index >= 15 is 0 Å². The quantitative estimate of drug-likeness (QED) is 0.559. The Balaban J connectivity index is 1.95. The summed E-state index contributed by atoms with van der Waals surface area (Å²) in [5.74, 6) is -1.86. The van der Waals surface area contributed by atoms with Crippen LogP contribution in [0.5, 0.6) is 0 Å². The number of hydrogen-bond donors (Lipinski definition) is 4. The van der Waals surface area contributed by atoms with Gasteiger partial charge in [-0.3, -0.25) is 9.59 Å². The molecule has 2 amide bonds. The van der Waals surface area contributed by atoms with Crippen LogP contribution in [0.3, 0.4) is 0 Å². The Kier molecular flexibility index (Phi) is 6.37. The topological polar surface area (TPSA) is 127 Å². The zero-order valence-electron chi connectivity index (χ0n) is 13.6. The van der Waals surface area contributed by atoms with E-state index in [1.54, 1.807) is 17.9 Å². The summed E-state index contributed by atoms with van der Waals surface area (Å²) in [6.45, 7) is 0. The largest absolute Gasteiger partial charge is 0.393 e. The van der Waals surface area contributed by atoms with Crippen molar-refractivity contribution in [2.75, 3.05) is 0 Å². The molecule has 2 rings (SSSR count). The van der Waals surface area contributed by atoms with Gasteiger partial charge in [0.1, 0.15) is 0 Å². The molecule has 1 heterocycles. The van der Waals surface area contributed by atoms with Crippen molar-refractivity contribution in [3.05, 3.63) is 28.3 Å². The summed E-state index contributed by atoms with van der Waals surface area (Å²) in [5.41, 5.74) is 10.1. The van der Waals surface area contributed by atoms with E-state index < -0.39 is 29.4 Å². The molecule has 0 spiro atoms. The van der Waals surface area contributed by atoms with Crippen LogP contribution in [0.25, 0.3) is 0 Å². The van der Waals surface area contributed by atoms with Gasteiger partial charge in [-0.25, -0.2) is 0 Å². The van der Waals surface area contributed by atoms with Crippen molar-refractivity contribution in [3.8, 4) is 0 Å². The third-order valence-corrected chi connectivity index (χ3v) is 5.72. The molecule has 1 aliphatic carbocycles. The average Bonchev–Trinajstić information content (AvgIpc) is 2.99. The monoisotopic (exact) mass is 353 g/mol. The molecule has 1 saturated carbocycles. The zero-order valence-corrected chi connectivity index (χ0v) is 14.4. The van der Waals surface area contributed by atoms with Crippen LogP contribution in [-0.4, -0.2) is 33.7 Å². The number of nitrogens with two attached hydrogens (primary N) is 2. The van der Waals surface area contributed by atoms with Gasteiger partial charge in [-0.2, -0.15) is 0 Å². The minimum absolute atomic E-state index is 0.0864. The van der Waals surface area contributed by atoms with Gasteiger partial charge in [0.25, 0.3) is 0 Å². The summed E-state index contributed by atoms with van der Waals surface area (Å²) in [7, 11) is 0. The van der Waals surface area contributed by atoms with Crippen molar-refractivity contribution < 1.29 is 19.8 Å². The van der Waals surface area contributed by atoms with E-state index in [1.807, 2.05) is 0 Å². The van der Waals surface area contributed by atoms with E-state index in [-0.39, 0.29) is 6.42 Å². The fourth-order valence-electron chi connectivity index (χ4n) is 3.41. The maximum absolute atomic E-state index is 11.8. The summed E-state index contributed by atoms with van der Waals surface area (Å²) in [4.78, 5) is 23.9. The van der Waals surface area contributed by atoms with Crippen LogP contribution >= 0.6 is 11.3 Å². The molecule has 6 N–H and O–H groups in total. The zero-order chi connectivity index (χ0) is 17.7. The van der Waals surface area contributed by atoms with Gasteiger partial charge in [0.2, 0.25) is 11.8 Å². The van der Waals surface area contributed by atoms with Crippen molar-refractivity contribution >= 4 is 23.2 Å². The molecular formula is C17H25N2O4S. The molecule has 6 nitrogen and oxygen atoms in total. The van der Waals surface area contributed by atoms with Gasteiger partial charge < -0.3 is 21.7 Å². The summed E-state index contributed by atoms with van der Waals surface area (Å²) < 4.78 is 0. The molecule has 24 heavy (non-hydrogen) atoms. The van der Waals surface area contributed by atoms with Crippen molar-refractivity contribution in [3.63, 3.8) is 0 Å². The Morgan fingerprint density at radius 2 is 1.96 bits per heavy atom. The Morgan fingerprint density at radius 3 is 2.54 bits per heavy atom. The molecule has 2 atom stereocenters. The van der Waals surface area contributed by atoms with Crippen LogP contribution in [0.4, 0.5) is 0 Å². The molecule has 1 radical (unpaired) electrons. The number of thiophene rings is 1.